The maximum Gasteiger partial charge on any atom is 0.317 e. The predicted molar refractivity (Wildman–Crippen MR) is 105 cm³/mol. The molecule has 1 amide bonds. The molecule has 0 saturated heterocycles. The molecule has 0 fully saturated rings. The molecule has 0 aliphatic heterocycles. The maximum atomic E-state index is 12.5. The van der Waals surface area contributed by atoms with Crippen molar-refractivity contribution in [3.05, 3.63) is 68.7 Å². The fourth-order valence-electron chi connectivity index (χ4n) is 3.00. The van der Waals surface area contributed by atoms with E-state index in [1.54, 1.807) is 49.6 Å². The molecule has 0 radical (unpaired) electrons. The number of amides is 1. The Morgan fingerprint density at radius 3 is 2.39 bits per heavy atom. The van der Waals surface area contributed by atoms with Gasteiger partial charge in [0.1, 0.15) is 18.0 Å². The van der Waals surface area contributed by atoms with E-state index >= 15 is 0 Å². The van der Waals surface area contributed by atoms with Crippen molar-refractivity contribution >= 4 is 16.9 Å². The highest BCUT2D eigenvalue weighted by atomic mass is 16.5. The first-order valence-electron chi connectivity index (χ1n) is 8.62. The first kappa shape index (κ1) is 19.2. The lowest BCUT2D eigenvalue weighted by Gasteiger charge is -2.14. The van der Waals surface area contributed by atoms with Gasteiger partial charge in [-0.25, -0.2) is 0 Å². The zero-order valence-electron chi connectivity index (χ0n) is 15.9. The van der Waals surface area contributed by atoms with E-state index in [4.69, 9.17) is 9.47 Å². The third kappa shape index (κ3) is 3.62. The molecule has 3 rings (SSSR count). The molecule has 0 spiro atoms. The lowest BCUT2D eigenvalue weighted by atomic mass is 10.2. The zero-order chi connectivity index (χ0) is 20.3. The summed E-state index contributed by atoms with van der Waals surface area (Å²) in [5, 5.41) is 2.76. The summed E-state index contributed by atoms with van der Waals surface area (Å²) < 4.78 is 12.9. The van der Waals surface area contributed by atoms with Crippen molar-refractivity contribution in [1.82, 2.24) is 14.5 Å². The van der Waals surface area contributed by atoms with Gasteiger partial charge in [-0.05, 0) is 24.3 Å². The highest BCUT2D eigenvalue weighted by Crippen LogP contribution is 2.24. The molecule has 1 N–H and O–H groups in total. The molecule has 146 valence electrons. The number of hydrogen-bond acceptors (Lipinski definition) is 5. The van der Waals surface area contributed by atoms with Gasteiger partial charge in [-0.2, -0.15) is 0 Å². The molecule has 2 aromatic carbocycles. The predicted octanol–water partition coefficient (Wildman–Crippen LogP) is 1.03. The molecule has 3 aromatic rings. The number of nitrogens with zero attached hydrogens (tertiary/aromatic N) is 2. The summed E-state index contributed by atoms with van der Waals surface area (Å²) in [6.07, 6.45) is 0. The number of aromatic nitrogens is 2. The average Bonchev–Trinajstić information content (AvgIpc) is 2.73. The van der Waals surface area contributed by atoms with Crippen molar-refractivity contribution in [2.24, 2.45) is 7.05 Å². The van der Waals surface area contributed by atoms with Crippen LogP contribution in [0.15, 0.2) is 52.1 Å². The number of ether oxygens (including phenoxy) is 2. The van der Waals surface area contributed by atoms with E-state index in [0.717, 1.165) is 5.56 Å². The summed E-state index contributed by atoms with van der Waals surface area (Å²) in [6, 6.07) is 12.2. The first-order valence-corrected chi connectivity index (χ1v) is 8.62. The van der Waals surface area contributed by atoms with Crippen LogP contribution in [0.2, 0.25) is 0 Å². The Morgan fingerprint density at radius 2 is 1.71 bits per heavy atom. The van der Waals surface area contributed by atoms with E-state index in [9.17, 15) is 14.4 Å². The van der Waals surface area contributed by atoms with Crippen molar-refractivity contribution in [2.45, 2.75) is 13.1 Å². The topological polar surface area (TPSA) is 91.6 Å². The summed E-state index contributed by atoms with van der Waals surface area (Å²) in [4.78, 5) is 37.0. The van der Waals surface area contributed by atoms with Crippen LogP contribution in [-0.2, 0) is 24.9 Å². The Bertz CT molecular complexity index is 1150. The van der Waals surface area contributed by atoms with Crippen LogP contribution in [0.5, 0.6) is 11.5 Å². The number of carbonyl (C=O) groups is 1. The summed E-state index contributed by atoms with van der Waals surface area (Å²) in [5.41, 5.74) is 0.447. The van der Waals surface area contributed by atoms with Crippen molar-refractivity contribution in [3.63, 3.8) is 0 Å². The van der Waals surface area contributed by atoms with Crippen molar-refractivity contribution < 1.29 is 14.3 Å². The van der Waals surface area contributed by atoms with Crippen LogP contribution in [0.3, 0.4) is 0 Å². The number of hydrogen-bond donors (Lipinski definition) is 1. The number of para-hydroxylation sites is 2. The lowest BCUT2D eigenvalue weighted by Crippen LogP contribution is -2.43. The zero-order valence-corrected chi connectivity index (χ0v) is 15.9. The minimum Gasteiger partial charge on any atom is -0.497 e. The number of nitrogens with one attached hydrogen (secondary N) is 1. The Balaban J connectivity index is 1.83. The van der Waals surface area contributed by atoms with Gasteiger partial charge in [-0.3, -0.25) is 19.0 Å². The number of aryl methyl sites for hydroxylation is 1. The van der Waals surface area contributed by atoms with Crippen LogP contribution in [0.4, 0.5) is 0 Å². The van der Waals surface area contributed by atoms with E-state index in [1.807, 2.05) is 0 Å². The van der Waals surface area contributed by atoms with Crippen LogP contribution in [0.1, 0.15) is 5.56 Å². The molecule has 8 heteroatoms. The third-order valence-electron chi connectivity index (χ3n) is 4.54. The lowest BCUT2D eigenvalue weighted by molar-refractivity contribution is -0.121. The van der Waals surface area contributed by atoms with Crippen molar-refractivity contribution in [3.8, 4) is 11.5 Å². The van der Waals surface area contributed by atoms with Gasteiger partial charge in [0, 0.05) is 25.2 Å². The Kier molecular flexibility index (Phi) is 5.49. The minimum atomic E-state index is -0.738. The Labute approximate surface area is 160 Å². The number of rotatable bonds is 6. The van der Waals surface area contributed by atoms with E-state index in [-0.39, 0.29) is 13.1 Å². The maximum absolute atomic E-state index is 12.5. The largest absolute Gasteiger partial charge is 0.497 e. The number of fused-ring (bicyclic) bond motifs is 1. The van der Waals surface area contributed by atoms with E-state index in [0.29, 0.717) is 22.5 Å². The van der Waals surface area contributed by atoms with Gasteiger partial charge in [-0.15, -0.1) is 0 Å². The summed E-state index contributed by atoms with van der Waals surface area (Å²) in [6.45, 7) is -0.0442. The number of methoxy groups -OCH3 is 2. The quantitative estimate of drug-likeness (QED) is 0.642. The molecule has 0 saturated carbocycles. The van der Waals surface area contributed by atoms with E-state index < -0.39 is 17.0 Å². The van der Waals surface area contributed by atoms with Gasteiger partial charge >= 0.3 is 11.1 Å². The smallest absolute Gasteiger partial charge is 0.317 e. The SMILES string of the molecule is COc1ccc(CNC(=O)Cn2c(=O)c(=O)n(C)c3ccccc32)c(OC)c1. The van der Waals surface area contributed by atoms with Crippen molar-refractivity contribution in [1.29, 1.82) is 0 Å². The molecule has 1 aromatic heterocycles. The summed E-state index contributed by atoms with van der Waals surface area (Å²) in [5.74, 6) is 0.833. The highest BCUT2D eigenvalue weighted by molar-refractivity contribution is 5.80. The summed E-state index contributed by atoms with van der Waals surface area (Å²) in [7, 11) is 4.63. The molecule has 0 aliphatic carbocycles. The second-order valence-electron chi connectivity index (χ2n) is 6.20. The second kappa shape index (κ2) is 7.99. The molecular weight excluding hydrogens is 362 g/mol. The van der Waals surface area contributed by atoms with Gasteiger partial charge in [0.25, 0.3) is 0 Å². The Hall–Kier alpha value is -3.55. The number of carbonyl (C=O) groups excluding carboxylic acids is 1. The third-order valence-corrected chi connectivity index (χ3v) is 4.54. The molecule has 0 aliphatic rings. The van der Waals surface area contributed by atoms with Crippen LogP contribution in [-0.4, -0.2) is 29.3 Å². The van der Waals surface area contributed by atoms with Crippen LogP contribution in [0, 0.1) is 0 Å². The monoisotopic (exact) mass is 383 g/mol. The molecule has 1 heterocycles. The van der Waals surface area contributed by atoms with Gasteiger partial charge in [0.05, 0.1) is 25.3 Å². The summed E-state index contributed by atoms with van der Waals surface area (Å²) >= 11 is 0. The molecular formula is C20H21N3O5. The number of benzene rings is 2. The Morgan fingerprint density at radius 1 is 1.00 bits per heavy atom. The fraction of sp³-hybridized carbons (Fsp3) is 0.250. The van der Waals surface area contributed by atoms with Crippen molar-refractivity contribution in [2.75, 3.05) is 14.2 Å². The van der Waals surface area contributed by atoms with Crippen LogP contribution >= 0.6 is 0 Å². The second-order valence-corrected chi connectivity index (χ2v) is 6.20. The first-order chi connectivity index (χ1) is 13.5. The van der Waals surface area contributed by atoms with Crippen LogP contribution in [0.25, 0.3) is 11.0 Å². The molecule has 0 atom stereocenters. The normalized spacial score (nSPS) is 10.7. The van der Waals surface area contributed by atoms with E-state index in [2.05, 4.69) is 5.32 Å². The fourth-order valence-corrected chi connectivity index (χ4v) is 3.00. The highest BCUT2D eigenvalue weighted by Gasteiger charge is 2.14. The van der Waals surface area contributed by atoms with Crippen LogP contribution < -0.4 is 25.9 Å². The molecule has 0 unspecified atom stereocenters. The molecule has 0 bridgehead atoms. The van der Waals surface area contributed by atoms with Gasteiger partial charge in [-0.1, -0.05) is 12.1 Å². The van der Waals surface area contributed by atoms with Gasteiger partial charge in [0.15, 0.2) is 0 Å². The van der Waals surface area contributed by atoms with Gasteiger partial charge < -0.3 is 19.4 Å². The van der Waals surface area contributed by atoms with Gasteiger partial charge in [0.2, 0.25) is 5.91 Å². The molecule has 8 nitrogen and oxygen atoms in total. The minimum absolute atomic E-state index is 0.212. The standard InChI is InChI=1S/C20H21N3O5/c1-22-15-6-4-5-7-16(15)23(20(26)19(22)25)12-18(24)21-11-13-8-9-14(27-2)10-17(13)28-3/h4-10H,11-12H2,1-3H3,(H,21,24). The average molecular weight is 383 g/mol. The van der Waals surface area contributed by atoms with E-state index in [1.165, 1.54) is 23.3 Å². The molecule has 28 heavy (non-hydrogen) atoms.